The molecule has 5 rings (SSSR count). The first-order valence-corrected chi connectivity index (χ1v) is 11.0. The summed E-state index contributed by atoms with van der Waals surface area (Å²) >= 11 is 0. The molecule has 2 aliphatic heterocycles. The maximum atomic E-state index is 12.8. The second-order valence-electron chi connectivity index (χ2n) is 8.64. The van der Waals surface area contributed by atoms with E-state index in [0.717, 1.165) is 50.8 Å². The van der Waals surface area contributed by atoms with Gasteiger partial charge in [-0.2, -0.15) is 18.3 Å². The maximum absolute atomic E-state index is 12.8. The summed E-state index contributed by atoms with van der Waals surface area (Å²) in [7, 11) is 0. The van der Waals surface area contributed by atoms with E-state index in [4.69, 9.17) is 4.74 Å². The highest BCUT2D eigenvalue weighted by molar-refractivity contribution is 5.86. The van der Waals surface area contributed by atoms with Gasteiger partial charge in [0.05, 0.1) is 11.7 Å². The molecule has 5 nitrogen and oxygen atoms in total. The average molecular weight is 432 g/mol. The van der Waals surface area contributed by atoms with Crippen LogP contribution in [-0.2, 0) is 26.1 Å². The summed E-state index contributed by atoms with van der Waals surface area (Å²) in [5.41, 5.74) is 3.28. The molecule has 166 valence electrons. The van der Waals surface area contributed by atoms with Crippen molar-refractivity contribution in [3.63, 3.8) is 0 Å². The number of halogens is 3. The van der Waals surface area contributed by atoms with Crippen LogP contribution in [0.4, 0.5) is 13.2 Å². The van der Waals surface area contributed by atoms with Crippen molar-refractivity contribution in [1.29, 1.82) is 0 Å². The molecule has 1 saturated heterocycles. The first-order chi connectivity index (χ1) is 15.0. The van der Waals surface area contributed by atoms with E-state index in [9.17, 15) is 13.2 Å². The zero-order valence-electron chi connectivity index (χ0n) is 17.4. The van der Waals surface area contributed by atoms with E-state index in [-0.39, 0.29) is 6.10 Å². The highest BCUT2D eigenvalue weighted by Crippen LogP contribution is 2.31. The number of ether oxygens (including phenoxy) is 1. The van der Waals surface area contributed by atoms with Crippen molar-refractivity contribution in [2.45, 2.75) is 64.0 Å². The van der Waals surface area contributed by atoms with Gasteiger partial charge in [-0.05, 0) is 50.3 Å². The largest absolute Gasteiger partial charge is 0.490 e. The fourth-order valence-electron chi connectivity index (χ4n) is 4.85. The van der Waals surface area contributed by atoms with Gasteiger partial charge in [0.2, 0.25) is 0 Å². The Morgan fingerprint density at radius 1 is 1.06 bits per heavy atom. The smallest absolute Gasteiger partial charge is 0.406 e. The zero-order valence-corrected chi connectivity index (χ0v) is 17.4. The Balaban J connectivity index is 1.21. The molecule has 0 spiro atoms. The lowest BCUT2D eigenvalue weighted by Gasteiger charge is -2.32. The minimum Gasteiger partial charge on any atom is -0.490 e. The molecule has 0 unspecified atom stereocenters. The van der Waals surface area contributed by atoms with Gasteiger partial charge < -0.3 is 9.30 Å². The van der Waals surface area contributed by atoms with Gasteiger partial charge >= 0.3 is 6.18 Å². The van der Waals surface area contributed by atoms with Crippen LogP contribution < -0.4 is 4.74 Å². The number of rotatable bonds is 5. The highest BCUT2D eigenvalue weighted by atomic mass is 19.4. The van der Waals surface area contributed by atoms with E-state index < -0.39 is 12.7 Å². The van der Waals surface area contributed by atoms with Crippen LogP contribution in [0.1, 0.15) is 36.9 Å². The van der Waals surface area contributed by atoms with Gasteiger partial charge in [0.25, 0.3) is 0 Å². The number of hydrogen-bond donors (Lipinski definition) is 0. The third-order valence-corrected chi connectivity index (χ3v) is 6.41. The summed E-state index contributed by atoms with van der Waals surface area (Å²) in [6, 6.07) is 7.05. The molecule has 0 saturated carbocycles. The third kappa shape index (κ3) is 4.44. The van der Waals surface area contributed by atoms with Crippen molar-refractivity contribution >= 4 is 10.9 Å². The number of aryl methyl sites for hydroxylation is 1. The molecule has 0 bridgehead atoms. The maximum Gasteiger partial charge on any atom is 0.406 e. The van der Waals surface area contributed by atoms with Crippen LogP contribution in [0.15, 0.2) is 36.7 Å². The minimum absolute atomic E-state index is 0.0777. The van der Waals surface area contributed by atoms with Gasteiger partial charge in [0, 0.05) is 49.0 Å². The molecule has 0 amide bonds. The lowest BCUT2D eigenvalue weighted by atomic mass is 10.0. The van der Waals surface area contributed by atoms with Crippen LogP contribution in [0.25, 0.3) is 10.9 Å². The predicted octanol–water partition coefficient (Wildman–Crippen LogP) is 4.78. The summed E-state index contributed by atoms with van der Waals surface area (Å²) < 4.78 is 48.1. The number of hydrogen-bond acceptors (Lipinski definition) is 3. The monoisotopic (exact) mass is 432 g/mol. The molecule has 3 aromatic rings. The number of fused-ring (bicyclic) bond motifs is 2. The highest BCUT2D eigenvalue weighted by Gasteiger charge is 2.29. The lowest BCUT2D eigenvalue weighted by molar-refractivity contribution is -0.139. The van der Waals surface area contributed by atoms with Crippen molar-refractivity contribution in [2.24, 2.45) is 0 Å². The molecule has 1 aromatic carbocycles. The summed E-state index contributed by atoms with van der Waals surface area (Å²) in [6.45, 7) is 2.86. The Labute approximate surface area is 179 Å². The number of nitrogens with zero attached hydrogens (tertiary/aromatic N) is 4. The normalized spacial score (nSPS) is 18.4. The Bertz CT molecular complexity index is 1050. The Morgan fingerprint density at radius 3 is 2.71 bits per heavy atom. The number of likely N-dealkylation sites (tertiary alicyclic amines) is 1. The van der Waals surface area contributed by atoms with E-state index in [2.05, 4.69) is 14.7 Å². The molecule has 2 aromatic heterocycles. The van der Waals surface area contributed by atoms with E-state index in [1.165, 1.54) is 34.9 Å². The zero-order chi connectivity index (χ0) is 21.4. The van der Waals surface area contributed by atoms with Gasteiger partial charge in [-0.15, -0.1) is 0 Å². The lowest BCUT2D eigenvalue weighted by Crippen LogP contribution is -2.38. The van der Waals surface area contributed by atoms with Crippen molar-refractivity contribution in [2.75, 3.05) is 13.1 Å². The molecule has 0 atom stereocenters. The molecular weight excluding hydrogens is 405 g/mol. The molecule has 4 heterocycles. The van der Waals surface area contributed by atoms with E-state index in [1.807, 2.05) is 12.3 Å². The molecular formula is C23H27F3N4O. The average Bonchev–Trinajstić information content (AvgIpc) is 3.34. The van der Waals surface area contributed by atoms with Crippen LogP contribution in [0.3, 0.4) is 0 Å². The third-order valence-electron chi connectivity index (χ3n) is 6.41. The first kappa shape index (κ1) is 20.4. The van der Waals surface area contributed by atoms with Crippen molar-refractivity contribution in [1.82, 2.24) is 19.2 Å². The summed E-state index contributed by atoms with van der Waals surface area (Å²) in [5, 5.41) is 5.28. The van der Waals surface area contributed by atoms with Crippen LogP contribution >= 0.6 is 0 Å². The van der Waals surface area contributed by atoms with Crippen molar-refractivity contribution < 1.29 is 17.9 Å². The predicted molar refractivity (Wildman–Crippen MR) is 112 cm³/mol. The number of benzene rings is 1. The second-order valence-corrected chi connectivity index (χ2v) is 8.64. The van der Waals surface area contributed by atoms with Gasteiger partial charge in [-0.1, -0.05) is 6.07 Å². The van der Waals surface area contributed by atoms with Gasteiger partial charge in [-0.3, -0.25) is 9.58 Å². The number of aromatic nitrogens is 3. The van der Waals surface area contributed by atoms with E-state index in [0.29, 0.717) is 11.3 Å². The first-order valence-electron chi connectivity index (χ1n) is 11.0. The van der Waals surface area contributed by atoms with Gasteiger partial charge in [-0.25, -0.2) is 0 Å². The van der Waals surface area contributed by atoms with E-state index in [1.54, 1.807) is 18.2 Å². The van der Waals surface area contributed by atoms with Crippen molar-refractivity contribution in [3.8, 4) is 5.75 Å². The Hall–Kier alpha value is -2.48. The van der Waals surface area contributed by atoms with E-state index >= 15 is 0 Å². The van der Waals surface area contributed by atoms with Gasteiger partial charge in [0.15, 0.2) is 0 Å². The SMILES string of the molecule is FC(F)(F)Cn1ccc2c(OC3CCN(Cc4cnn5c4CCCC5)CC3)cccc21. The second kappa shape index (κ2) is 8.22. The van der Waals surface area contributed by atoms with Crippen LogP contribution in [0.5, 0.6) is 5.75 Å². The quantitative estimate of drug-likeness (QED) is 0.582. The Morgan fingerprint density at radius 2 is 1.90 bits per heavy atom. The van der Waals surface area contributed by atoms with Crippen LogP contribution in [-0.4, -0.2) is 44.6 Å². The minimum atomic E-state index is -4.25. The fraction of sp³-hybridized carbons (Fsp3) is 0.522. The molecule has 0 radical (unpaired) electrons. The number of alkyl halides is 3. The number of piperidine rings is 1. The summed E-state index contributed by atoms with van der Waals surface area (Å²) in [5.74, 6) is 0.669. The molecule has 8 heteroatoms. The molecule has 31 heavy (non-hydrogen) atoms. The topological polar surface area (TPSA) is 35.2 Å². The standard InChI is InChI=1S/C23H27F3N4O/c24-23(25,26)16-29-13-9-19-21(29)5-3-6-22(19)31-18-7-11-28(12-8-18)15-17-14-27-30-10-2-1-4-20(17)30/h3,5-6,9,13-14,18H,1-2,4,7-8,10-12,15-16H2. The molecule has 2 aliphatic rings. The fourth-order valence-corrected chi connectivity index (χ4v) is 4.85. The molecule has 0 aliphatic carbocycles. The van der Waals surface area contributed by atoms with Crippen LogP contribution in [0, 0.1) is 0 Å². The molecule has 0 N–H and O–H groups in total. The van der Waals surface area contributed by atoms with Crippen LogP contribution in [0.2, 0.25) is 0 Å². The molecule has 1 fully saturated rings. The summed E-state index contributed by atoms with van der Waals surface area (Å²) in [4.78, 5) is 2.45. The summed E-state index contributed by atoms with van der Waals surface area (Å²) in [6.07, 6.45) is 4.72. The van der Waals surface area contributed by atoms with Crippen molar-refractivity contribution in [3.05, 3.63) is 47.9 Å². The van der Waals surface area contributed by atoms with Gasteiger partial charge in [0.1, 0.15) is 18.4 Å². The Kier molecular flexibility index (Phi) is 5.42.